The van der Waals surface area contributed by atoms with Crippen molar-refractivity contribution >= 4 is 17.7 Å². The van der Waals surface area contributed by atoms with Gasteiger partial charge in [-0.2, -0.15) is 0 Å². The molecule has 1 amide bonds. The Labute approximate surface area is 216 Å². The number of esters is 1. The Kier molecular flexibility index (Phi) is 7.88. The number of hydrogen-bond donors (Lipinski definition) is 2. The number of rotatable bonds is 7. The highest BCUT2D eigenvalue weighted by Gasteiger charge is 2.53. The predicted octanol–water partition coefficient (Wildman–Crippen LogP) is -0.351. The third kappa shape index (κ3) is 5.27. The van der Waals surface area contributed by atoms with Crippen molar-refractivity contribution < 1.29 is 40.9 Å². The highest BCUT2D eigenvalue weighted by molar-refractivity contribution is 5.90. The molecule has 2 atom stereocenters. The lowest BCUT2D eigenvalue weighted by molar-refractivity contribution is -0.939. The molecule has 4 heterocycles. The molecule has 3 saturated heterocycles. The van der Waals surface area contributed by atoms with Crippen molar-refractivity contribution in [2.45, 2.75) is 50.2 Å². The van der Waals surface area contributed by atoms with Gasteiger partial charge in [-0.1, -0.05) is 43.2 Å². The van der Waals surface area contributed by atoms with Crippen molar-refractivity contribution in [3.05, 3.63) is 54.5 Å². The van der Waals surface area contributed by atoms with Crippen molar-refractivity contribution in [1.29, 1.82) is 0 Å². The van der Waals surface area contributed by atoms with Crippen LogP contribution in [0.25, 0.3) is 0 Å². The zero-order valence-electron chi connectivity index (χ0n) is 19.8. The summed E-state index contributed by atoms with van der Waals surface area (Å²) in [5, 5.41) is 14.6. The minimum atomic E-state index is -1.63. The van der Waals surface area contributed by atoms with Crippen LogP contribution in [-0.4, -0.2) is 63.7 Å². The average Bonchev–Trinajstić information content (AvgIpc) is 3.40. The quantitative estimate of drug-likeness (QED) is 0.365. The normalized spacial score (nSPS) is 27.5. The summed E-state index contributed by atoms with van der Waals surface area (Å²) >= 11 is 0. The molecule has 8 nitrogen and oxygen atoms in total. The number of benzene rings is 1. The first-order valence-electron chi connectivity index (χ1n) is 12.4. The van der Waals surface area contributed by atoms with E-state index in [1.54, 1.807) is 12.3 Å². The fourth-order valence-corrected chi connectivity index (χ4v) is 6.21. The van der Waals surface area contributed by atoms with E-state index in [0.29, 0.717) is 29.0 Å². The van der Waals surface area contributed by atoms with Crippen LogP contribution in [0.1, 0.15) is 44.1 Å². The van der Waals surface area contributed by atoms with Crippen LogP contribution in [0, 0.1) is 11.8 Å². The Morgan fingerprint density at radius 2 is 1.80 bits per heavy atom. The standard InChI is InChI=1S/C26H32N4O4.BrH/c31-24(29-23-10-13-27-18-28-23)17-30-14-11-19(12-15-30)22(16-30)34-25(32)26(33,21-8-4-5-9-21)20-6-2-1-3-7-20;/h1-3,6-7,10,13,18-19,21-22,33H,4-5,8-9,11-12,14-17H2;1H/t19?,22?,26-,30?;/m0./s1. The summed E-state index contributed by atoms with van der Waals surface area (Å²) in [6, 6.07) is 10.9. The van der Waals surface area contributed by atoms with E-state index in [2.05, 4.69) is 15.3 Å². The average molecular weight is 545 g/mol. The third-order valence-corrected chi connectivity index (χ3v) is 8.10. The SMILES string of the molecule is O=C(C[N+]12CCC(CC1)C(OC(=O)[C@](O)(c1ccccc1)C1CCCC1)C2)Nc1ccncn1.[Br-]. The smallest absolute Gasteiger partial charge is 0.343 e. The molecular formula is C26H33BrN4O4. The topological polar surface area (TPSA) is 101 Å². The number of nitrogens with zero attached hydrogens (tertiary/aromatic N) is 3. The van der Waals surface area contributed by atoms with Gasteiger partial charge in [0.1, 0.15) is 18.7 Å². The van der Waals surface area contributed by atoms with E-state index in [1.165, 1.54) is 6.33 Å². The molecule has 3 aliphatic heterocycles. The Morgan fingerprint density at radius 3 is 2.46 bits per heavy atom. The van der Waals surface area contributed by atoms with Gasteiger partial charge in [0.2, 0.25) is 0 Å². The van der Waals surface area contributed by atoms with E-state index in [9.17, 15) is 14.7 Å². The molecule has 4 fully saturated rings. The molecule has 0 radical (unpaired) electrons. The summed E-state index contributed by atoms with van der Waals surface area (Å²) in [5.74, 6) is -0.0101. The van der Waals surface area contributed by atoms with Gasteiger partial charge in [-0.05, 0) is 24.5 Å². The first-order chi connectivity index (χ1) is 16.5. The number of piperidine rings is 3. The van der Waals surface area contributed by atoms with Crippen molar-refractivity contribution in [3.63, 3.8) is 0 Å². The Balaban J connectivity index is 0.00000289. The Morgan fingerprint density at radius 1 is 1.09 bits per heavy atom. The number of carbonyl (C=O) groups is 2. The maximum Gasteiger partial charge on any atom is 0.343 e. The zero-order chi connectivity index (χ0) is 23.6. The minimum absolute atomic E-state index is 0. The van der Waals surface area contributed by atoms with Gasteiger partial charge in [0.15, 0.2) is 18.2 Å². The van der Waals surface area contributed by atoms with E-state index >= 15 is 0 Å². The van der Waals surface area contributed by atoms with E-state index in [1.807, 2.05) is 30.3 Å². The van der Waals surface area contributed by atoms with Gasteiger partial charge in [-0.15, -0.1) is 0 Å². The predicted molar refractivity (Wildman–Crippen MR) is 125 cm³/mol. The summed E-state index contributed by atoms with van der Waals surface area (Å²) in [4.78, 5) is 34.3. The number of nitrogens with one attached hydrogen (secondary N) is 1. The van der Waals surface area contributed by atoms with E-state index in [0.717, 1.165) is 51.6 Å². The van der Waals surface area contributed by atoms with Crippen LogP contribution in [0.5, 0.6) is 0 Å². The molecule has 1 aromatic heterocycles. The number of quaternary nitrogens is 1. The van der Waals surface area contributed by atoms with Crippen molar-refractivity contribution in [3.8, 4) is 0 Å². The largest absolute Gasteiger partial charge is 1.00 e. The molecule has 6 rings (SSSR count). The highest BCUT2D eigenvalue weighted by Crippen LogP contribution is 2.43. The number of aromatic nitrogens is 2. The molecule has 0 spiro atoms. The van der Waals surface area contributed by atoms with Gasteiger partial charge in [-0.25, -0.2) is 14.8 Å². The second-order valence-corrected chi connectivity index (χ2v) is 10.2. The third-order valence-electron chi connectivity index (χ3n) is 8.10. The molecule has 188 valence electrons. The van der Waals surface area contributed by atoms with Gasteiger partial charge in [0, 0.05) is 30.9 Å². The fraction of sp³-hybridized carbons (Fsp3) is 0.538. The number of hydrogen-bond acceptors (Lipinski definition) is 6. The van der Waals surface area contributed by atoms with E-state index in [4.69, 9.17) is 4.74 Å². The van der Waals surface area contributed by atoms with Gasteiger partial charge in [0.25, 0.3) is 5.91 Å². The molecule has 2 bridgehead atoms. The highest BCUT2D eigenvalue weighted by atomic mass is 79.9. The monoisotopic (exact) mass is 544 g/mol. The molecule has 1 unspecified atom stereocenters. The Hall–Kier alpha value is -2.36. The first-order valence-corrected chi connectivity index (χ1v) is 12.4. The number of halogens is 1. The minimum Gasteiger partial charge on any atom is -1.00 e. The van der Waals surface area contributed by atoms with E-state index < -0.39 is 11.6 Å². The van der Waals surface area contributed by atoms with Crippen LogP contribution < -0.4 is 22.3 Å². The summed E-state index contributed by atoms with van der Waals surface area (Å²) in [5.41, 5.74) is -1.01. The maximum atomic E-state index is 13.6. The Bertz CT molecular complexity index is 1010. The van der Waals surface area contributed by atoms with Crippen molar-refractivity contribution in [2.75, 3.05) is 31.5 Å². The second-order valence-electron chi connectivity index (χ2n) is 10.2. The van der Waals surface area contributed by atoms with Crippen LogP contribution >= 0.6 is 0 Å². The molecular weight excluding hydrogens is 512 g/mol. The van der Waals surface area contributed by atoms with E-state index in [-0.39, 0.29) is 40.8 Å². The van der Waals surface area contributed by atoms with Gasteiger partial charge in [0.05, 0.1) is 13.1 Å². The number of aliphatic hydroxyl groups is 1. The number of fused-ring (bicyclic) bond motifs is 3. The number of ether oxygens (including phenoxy) is 1. The van der Waals surface area contributed by atoms with Crippen LogP contribution in [-0.2, 0) is 19.9 Å². The lowest BCUT2D eigenvalue weighted by Gasteiger charge is -2.51. The molecule has 1 aliphatic carbocycles. The van der Waals surface area contributed by atoms with Gasteiger partial charge < -0.3 is 36.6 Å². The lowest BCUT2D eigenvalue weighted by Crippen LogP contribution is -3.00. The summed E-state index contributed by atoms with van der Waals surface area (Å²) in [7, 11) is 0. The molecule has 2 aromatic rings. The van der Waals surface area contributed by atoms with Crippen LogP contribution in [0.2, 0.25) is 0 Å². The van der Waals surface area contributed by atoms with Gasteiger partial charge >= 0.3 is 5.97 Å². The molecule has 1 saturated carbocycles. The number of anilines is 1. The van der Waals surface area contributed by atoms with Crippen LogP contribution in [0.4, 0.5) is 5.82 Å². The number of carbonyl (C=O) groups excluding carboxylic acids is 2. The molecule has 4 aliphatic rings. The summed E-state index contributed by atoms with van der Waals surface area (Å²) < 4.78 is 6.72. The first kappa shape index (κ1) is 25.7. The molecule has 35 heavy (non-hydrogen) atoms. The van der Waals surface area contributed by atoms with Crippen LogP contribution in [0.15, 0.2) is 48.9 Å². The lowest BCUT2D eigenvalue weighted by atomic mass is 9.79. The number of amides is 1. The fourth-order valence-electron chi connectivity index (χ4n) is 6.21. The van der Waals surface area contributed by atoms with Gasteiger partial charge in [-0.3, -0.25) is 4.79 Å². The molecule has 2 N–H and O–H groups in total. The maximum absolute atomic E-state index is 13.6. The summed E-state index contributed by atoms with van der Waals surface area (Å²) in [6.07, 6.45) is 8.19. The second kappa shape index (κ2) is 10.7. The zero-order valence-corrected chi connectivity index (χ0v) is 21.4. The van der Waals surface area contributed by atoms with Crippen LogP contribution in [0.3, 0.4) is 0 Å². The van der Waals surface area contributed by atoms with Crippen molar-refractivity contribution in [1.82, 2.24) is 9.97 Å². The molecule has 1 aromatic carbocycles. The van der Waals surface area contributed by atoms with Crippen molar-refractivity contribution in [2.24, 2.45) is 11.8 Å². The molecule has 9 heteroatoms. The summed E-state index contributed by atoms with van der Waals surface area (Å²) in [6.45, 7) is 2.70.